The Balaban J connectivity index is 0. The van der Waals surface area contributed by atoms with Crippen LogP contribution in [0.15, 0.2) is 12.7 Å². The minimum atomic E-state index is -3.97. The first-order valence-electron chi connectivity index (χ1n) is 3.30. The van der Waals surface area contributed by atoms with Crippen LogP contribution >= 0.6 is 0 Å². The van der Waals surface area contributed by atoms with Crippen LogP contribution in [-0.2, 0) is 18.8 Å². The molecule has 0 heterocycles. The molecule has 0 aromatic rings. The maximum absolute atomic E-state index is 10.7. The molecule has 0 amide bonds. The van der Waals surface area contributed by atoms with Crippen LogP contribution in [0.2, 0.25) is 0 Å². The number of aliphatic hydroxyl groups excluding tert-OH is 1. The topological polar surface area (TPSA) is 72.8 Å². The standard InChI is InChI=1S/C6H12O5S.K.H/c1-3-4-10-12(8,9)11-5-6(2)7;;/h3,6-7H,1,4-5H2,2H3;;. The second-order valence-electron chi connectivity index (χ2n) is 2.11. The number of rotatable bonds is 6. The quantitative estimate of drug-likeness (QED) is 0.482. The fourth-order valence-corrected chi connectivity index (χ4v) is 1.04. The number of hydrogen-bond acceptors (Lipinski definition) is 5. The first-order valence-corrected chi connectivity index (χ1v) is 4.64. The van der Waals surface area contributed by atoms with E-state index in [2.05, 4.69) is 14.9 Å². The molecule has 0 radical (unpaired) electrons. The molecule has 0 aromatic carbocycles. The molecule has 0 rings (SSSR count). The Morgan fingerprint density at radius 1 is 1.54 bits per heavy atom. The Bertz CT molecular complexity index is 223. The summed E-state index contributed by atoms with van der Waals surface area (Å²) in [7, 11) is -3.97. The molecule has 5 nitrogen and oxygen atoms in total. The van der Waals surface area contributed by atoms with Gasteiger partial charge < -0.3 is 5.11 Å². The Labute approximate surface area is 121 Å². The van der Waals surface area contributed by atoms with Crippen LogP contribution in [0.4, 0.5) is 0 Å². The van der Waals surface area contributed by atoms with Gasteiger partial charge in [-0.3, -0.25) is 0 Å². The summed E-state index contributed by atoms with van der Waals surface area (Å²) in [5.74, 6) is 0. The van der Waals surface area contributed by atoms with E-state index in [4.69, 9.17) is 5.11 Å². The van der Waals surface area contributed by atoms with Crippen LogP contribution in [0, 0.1) is 0 Å². The molecular weight excluding hydrogens is 223 g/mol. The van der Waals surface area contributed by atoms with E-state index in [0.717, 1.165) is 0 Å². The van der Waals surface area contributed by atoms with E-state index in [1.54, 1.807) is 0 Å². The van der Waals surface area contributed by atoms with Crippen molar-refractivity contribution in [2.75, 3.05) is 13.2 Å². The van der Waals surface area contributed by atoms with Crippen molar-refractivity contribution >= 4 is 61.8 Å². The maximum atomic E-state index is 10.7. The van der Waals surface area contributed by atoms with Gasteiger partial charge in [-0.1, -0.05) is 6.08 Å². The van der Waals surface area contributed by atoms with Crippen LogP contribution in [0.1, 0.15) is 6.92 Å². The summed E-state index contributed by atoms with van der Waals surface area (Å²) in [6.45, 7) is 4.23. The van der Waals surface area contributed by atoms with E-state index in [1.165, 1.54) is 13.0 Å². The van der Waals surface area contributed by atoms with Gasteiger partial charge in [-0.2, -0.15) is 8.42 Å². The second-order valence-corrected chi connectivity index (χ2v) is 3.40. The molecule has 0 saturated carbocycles. The Kier molecular flexibility index (Phi) is 10.9. The van der Waals surface area contributed by atoms with Crippen molar-refractivity contribution in [2.45, 2.75) is 13.0 Å². The van der Waals surface area contributed by atoms with Crippen LogP contribution < -0.4 is 0 Å². The summed E-state index contributed by atoms with van der Waals surface area (Å²) in [6, 6.07) is 0. The SMILES string of the molecule is C=CCOS(=O)(=O)OCC(C)O.[KH]. The Hall–Kier alpha value is 1.21. The van der Waals surface area contributed by atoms with E-state index in [1.807, 2.05) is 0 Å². The summed E-state index contributed by atoms with van der Waals surface area (Å²) < 4.78 is 29.9. The Morgan fingerprint density at radius 2 is 2.08 bits per heavy atom. The van der Waals surface area contributed by atoms with Gasteiger partial charge in [0.15, 0.2) is 0 Å². The predicted molar refractivity (Wildman–Crippen MR) is 49.9 cm³/mol. The number of aliphatic hydroxyl groups is 1. The molecule has 1 atom stereocenters. The fraction of sp³-hybridized carbons (Fsp3) is 0.667. The van der Waals surface area contributed by atoms with E-state index in [0.29, 0.717) is 0 Å². The molecule has 1 N–H and O–H groups in total. The third-order valence-electron chi connectivity index (χ3n) is 0.784. The van der Waals surface area contributed by atoms with Crippen molar-refractivity contribution in [3.63, 3.8) is 0 Å². The number of hydrogen-bond donors (Lipinski definition) is 1. The van der Waals surface area contributed by atoms with Crippen LogP contribution in [0.5, 0.6) is 0 Å². The van der Waals surface area contributed by atoms with Gasteiger partial charge in [0.25, 0.3) is 0 Å². The Morgan fingerprint density at radius 3 is 2.46 bits per heavy atom. The summed E-state index contributed by atoms with van der Waals surface area (Å²) >= 11 is 0. The van der Waals surface area contributed by atoms with E-state index in [9.17, 15) is 8.42 Å². The summed E-state index contributed by atoms with van der Waals surface area (Å²) in [4.78, 5) is 0. The van der Waals surface area contributed by atoms with Crippen molar-refractivity contribution in [3.8, 4) is 0 Å². The molecule has 7 heteroatoms. The predicted octanol–water partition coefficient (Wildman–Crippen LogP) is -0.817. The van der Waals surface area contributed by atoms with Gasteiger partial charge in [0, 0.05) is 0 Å². The van der Waals surface area contributed by atoms with Gasteiger partial charge in [-0.05, 0) is 6.92 Å². The van der Waals surface area contributed by atoms with Crippen molar-refractivity contribution in [1.29, 1.82) is 0 Å². The molecule has 0 aliphatic carbocycles. The molecular formula is C6H13KO5S. The summed E-state index contributed by atoms with van der Waals surface area (Å²) in [5, 5.41) is 8.68. The fourth-order valence-electron chi connectivity index (χ4n) is 0.347. The van der Waals surface area contributed by atoms with E-state index >= 15 is 0 Å². The molecule has 74 valence electrons. The second kappa shape index (κ2) is 8.51. The molecule has 0 aromatic heterocycles. The van der Waals surface area contributed by atoms with Crippen molar-refractivity contribution in [2.24, 2.45) is 0 Å². The average molecular weight is 236 g/mol. The van der Waals surface area contributed by atoms with Gasteiger partial charge in [0.2, 0.25) is 0 Å². The van der Waals surface area contributed by atoms with Gasteiger partial charge in [-0.25, -0.2) is 8.37 Å². The first-order chi connectivity index (χ1) is 5.48. The summed E-state index contributed by atoms with van der Waals surface area (Å²) in [5.41, 5.74) is 0. The molecule has 0 aliphatic heterocycles. The van der Waals surface area contributed by atoms with Crippen LogP contribution in [0.25, 0.3) is 0 Å². The third kappa shape index (κ3) is 11.1. The van der Waals surface area contributed by atoms with Crippen molar-refractivity contribution in [1.82, 2.24) is 0 Å². The molecule has 0 spiro atoms. The molecule has 0 bridgehead atoms. The molecule has 0 fully saturated rings. The zero-order chi connectivity index (χ0) is 9.61. The monoisotopic (exact) mass is 236 g/mol. The molecule has 0 aliphatic rings. The minimum absolute atomic E-state index is 0. The first kappa shape index (κ1) is 16.6. The van der Waals surface area contributed by atoms with Crippen molar-refractivity contribution in [3.05, 3.63) is 12.7 Å². The van der Waals surface area contributed by atoms with Crippen LogP contribution in [-0.4, -0.2) is 84.2 Å². The molecule has 0 saturated heterocycles. The van der Waals surface area contributed by atoms with E-state index < -0.39 is 16.5 Å². The van der Waals surface area contributed by atoms with Crippen LogP contribution in [0.3, 0.4) is 0 Å². The summed E-state index contributed by atoms with van der Waals surface area (Å²) in [6.07, 6.45) is 0.440. The molecule has 1 unspecified atom stereocenters. The van der Waals surface area contributed by atoms with E-state index in [-0.39, 0.29) is 64.6 Å². The van der Waals surface area contributed by atoms with Gasteiger partial charge in [0.05, 0.1) is 19.3 Å². The van der Waals surface area contributed by atoms with Gasteiger partial charge in [-0.15, -0.1) is 6.58 Å². The average Bonchev–Trinajstić information content (AvgIpc) is 1.98. The van der Waals surface area contributed by atoms with Gasteiger partial charge >= 0.3 is 61.8 Å². The zero-order valence-electron chi connectivity index (χ0n) is 6.76. The zero-order valence-corrected chi connectivity index (χ0v) is 7.58. The third-order valence-corrected chi connectivity index (χ3v) is 1.63. The van der Waals surface area contributed by atoms with Crippen molar-refractivity contribution < 1.29 is 21.9 Å². The molecule has 13 heavy (non-hydrogen) atoms. The van der Waals surface area contributed by atoms with Gasteiger partial charge in [0.1, 0.15) is 0 Å². The normalized spacial score (nSPS) is 13.1.